The summed E-state index contributed by atoms with van der Waals surface area (Å²) >= 11 is 0. The van der Waals surface area contributed by atoms with Crippen molar-refractivity contribution in [3.05, 3.63) is 65.0 Å². The topological polar surface area (TPSA) is 79.5 Å². The number of amides is 1. The Labute approximate surface area is 170 Å². The summed E-state index contributed by atoms with van der Waals surface area (Å²) in [6.07, 6.45) is 0.209. The normalized spacial score (nSPS) is 10.8. The fourth-order valence-electron chi connectivity index (χ4n) is 2.46. The van der Waals surface area contributed by atoms with Crippen LogP contribution in [0.3, 0.4) is 0 Å². The molecule has 0 spiro atoms. The van der Waals surface area contributed by atoms with Gasteiger partial charge < -0.3 is 16.4 Å². The molecule has 0 aromatic heterocycles. The molecule has 0 unspecified atom stereocenters. The molecule has 0 fully saturated rings. The predicted octanol–water partition coefficient (Wildman–Crippen LogP) is 3.15. The van der Waals surface area contributed by atoms with Gasteiger partial charge in [-0.15, -0.1) is 24.0 Å². The van der Waals surface area contributed by atoms with E-state index < -0.39 is 0 Å². The monoisotopic (exact) mass is 470 g/mol. The van der Waals surface area contributed by atoms with Crippen molar-refractivity contribution in [3.63, 3.8) is 0 Å². The number of guanidine groups is 1. The van der Waals surface area contributed by atoms with Crippen molar-refractivity contribution in [1.82, 2.24) is 5.32 Å². The Morgan fingerprint density at radius 3 is 2.35 bits per heavy atom. The number of benzene rings is 2. The number of carbonyl (C=O) groups excluding carboxylic acids is 1. The quantitative estimate of drug-likeness (QED) is 0.263. The molecular weight excluding hydrogens is 446 g/mol. The molecule has 2 aromatic rings. The molecule has 2 aromatic carbocycles. The van der Waals surface area contributed by atoms with E-state index in [1.165, 1.54) is 12.1 Å². The minimum atomic E-state index is -0.315. The van der Waals surface area contributed by atoms with Gasteiger partial charge in [-0.2, -0.15) is 0 Å². The Hall–Kier alpha value is -2.16. The van der Waals surface area contributed by atoms with Gasteiger partial charge in [0.1, 0.15) is 5.82 Å². The van der Waals surface area contributed by atoms with Crippen molar-refractivity contribution in [2.45, 2.75) is 20.3 Å². The zero-order valence-corrected chi connectivity index (χ0v) is 17.2. The Kier molecular flexibility index (Phi) is 9.04. The molecule has 2 rings (SSSR count). The number of aliphatic imine (C=N–C) groups is 1. The number of halogens is 2. The highest BCUT2D eigenvalue weighted by atomic mass is 127. The fraction of sp³-hybridized carbons (Fsp3) is 0.263. The van der Waals surface area contributed by atoms with Crippen LogP contribution in [-0.4, -0.2) is 25.0 Å². The van der Waals surface area contributed by atoms with E-state index in [-0.39, 0.29) is 42.1 Å². The van der Waals surface area contributed by atoms with Crippen LogP contribution in [0.15, 0.2) is 47.5 Å². The lowest BCUT2D eigenvalue weighted by molar-refractivity contribution is -0.120. The van der Waals surface area contributed by atoms with E-state index in [4.69, 9.17) is 5.73 Å². The summed E-state index contributed by atoms with van der Waals surface area (Å²) in [5.41, 5.74) is 9.79. The van der Waals surface area contributed by atoms with Crippen LogP contribution in [0.5, 0.6) is 0 Å². The van der Waals surface area contributed by atoms with Crippen molar-refractivity contribution in [3.8, 4) is 0 Å². The number of nitrogens with one attached hydrogen (secondary N) is 2. The smallest absolute Gasteiger partial charge is 0.224 e. The van der Waals surface area contributed by atoms with Crippen molar-refractivity contribution < 1.29 is 9.18 Å². The van der Waals surface area contributed by atoms with Crippen LogP contribution in [0.4, 0.5) is 10.1 Å². The number of nitrogens with zero attached hydrogens (tertiary/aromatic N) is 1. The number of rotatable bonds is 6. The molecule has 1 amide bonds. The SMILES string of the molecule is Cc1cc(C)cc(NC(N)=NCCNC(=O)Cc2ccc(F)cc2)c1.I. The van der Waals surface area contributed by atoms with E-state index in [0.717, 1.165) is 22.4 Å². The summed E-state index contributed by atoms with van der Waals surface area (Å²) in [5, 5.41) is 5.80. The molecule has 0 atom stereocenters. The van der Waals surface area contributed by atoms with Gasteiger partial charge in [0.15, 0.2) is 5.96 Å². The molecule has 0 radical (unpaired) electrons. The Balaban J connectivity index is 0.00000338. The summed E-state index contributed by atoms with van der Waals surface area (Å²) < 4.78 is 12.8. The summed E-state index contributed by atoms with van der Waals surface area (Å²) in [6, 6.07) is 11.9. The maximum atomic E-state index is 12.8. The number of carbonyl (C=O) groups is 1. The first-order valence-corrected chi connectivity index (χ1v) is 8.09. The highest BCUT2D eigenvalue weighted by molar-refractivity contribution is 14.0. The third-order valence-corrected chi connectivity index (χ3v) is 3.49. The first-order valence-electron chi connectivity index (χ1n) is 8.09. The molecule has 5 nitrogen and oxygen atoms in total. The first kappa shape index (κ1) is 21.9. The molecule has 0 aliphatic carbocycles. The highest BCUT2D eigenvalue weighted by Gasteiger charge is 2.03. The molecule has 0 saturated carbocycles. The largest absolute Gasteiger partial charge is 0.370 e. The van der Waals surface area contributed by atoms with Crippen LogP contribution >= 0.6 is 24.0 Å². The number of aryl methyl sites for hydroxylation is 2. The van der Waals surface area contributed by atoms with Gasteiger partial charge in [-0.1, -0.05) is 18.2 Å². The molecule has 0 bridgehead atoms. The molecular formula is C19H24FIN4O. The zero-order chi connectivity index (χ0) is 18.2. The van der Waals surface area contributed by atoms with E-state index in [0.29, 0.717) is 19.0 Å². The van der Waals surface area contributed by atoms with Gasteiger partial charge in [-0.05, 0) is 54.8 Å². The fourth-order valence-corrected chi connectivity index (χ4v) is 2.46. The summed E-state index contributed by atoms with van der Waals surface area (Å²) in [5.74, 6) is -0.147. The van der Waals surface area contributed by atoms with Crippen molar-refractivity contribution in [2.24, 2.45) is 10.7 Å². The third kappa shape index (κ3) is 7.81. The van der Waals surface area contributed by atoms with Gasteiger partial charge in [0.25, 0.3) is 0 Å². The van der Waals surface area contributed by atoms with Crippen molar-refractivity contribution in [1.29, 1.82) is 0 Å². The van der Waals surface area contributed by atoms with Crippen LogP contribution in [0.1, 0.15) is 16.7 Å². The van der Waals surface area contributed by atoms with Crippen LogP contribution in [0.25, 0.3) is 0 Å². The Morgan fingerprint density at radius 1 is 1.12 bits per heavy atom. The first-order chi connectivity index (χ1) is 11.9. The average Bonchev–Trinajstić information content (AvgIpc) is 2.53. The maximum absolute atomic E-state index is 12.8. The van der Waals surface area contributed by atoms with Crippen LogP contribution in [0, 0.1) is 19.7 Å². The average molecular weight is 470 g/mol. The Morgan fingerprint density at radius 2 is 1.73 bits per heavy atom. The summed E-state index contributed by atoms with van der Waals surface area (Å²) in [7, 11) is 0. The molecule has 0 aliphatic heterocycles. The van der Waals surface area contributed by atoms with E-state index in [1.54, 1.807) is 12.1 Å². The summed E-state index contributed by atoms with van der Waals surface area (Å²) in [4.78, 5) is 16.0. The van der Waals surface area contributed by atoms with Crippen LogP contribution < -0.4 is 16.4 Å². The number of hydrogen-bond donors (Lipinski definition) is 3. The van der Waals surface area contributed by atoms with E-state index in [1.807, 2.05) is 26.0 Å². The molecule has 0 saturated heterocycles. The lowest BCUT2D eigenvalue weighted by Crippen LogP contribution is -2.29. The minimum Gasteiger partial charge on any atom is -0.370 e. The lowest BCUT2D eigenvalue weighted by Gasteiger charge is -2.08. The van der Waals surface area contributed by atoms with Gasteiger partial charge >= 0.3 is 0 Å². The second-order valence-corrected chi connectivity index (χ2v) is 5.92. The summed E-state index contributed by atoms with van der Waals surface area (Å²) in [6.45, 7) is 4.79. The minimum absolute atomic E-state index is 0. The van der Waals surface area contributed by atoms with Gasteiger partial charge in [0, 0.05) is 12.2 Å². The number of hydrogen-bond acceptors (Lipinski definition) is 2. The van der Waals surface area contributed by atoms with E-state index in [2.05, 4.69) is 21.7 Å². The van der Waals surface area contributed by atoms with Crippen LogP contribution in [-0.2, 0) is 11.2 Å². The molecule has 140 valence electrons. The second kappa shape index (κ2) is 10.7. The van der Waals surface area contributed by atoms with Gasteiger partial charge in [-0.25, -0.2) is 4.39 Å². The predicted molar refractivity (Wildman–Crippen MR) is 115 cm³/mol. The highest BCUT2D eigenvalue weighted by Crippen LogP contribution is 2.13. The van der Waals surface area contributed by atoms with Gasteiger partial charge in [0.05, 0.1) is 13.0 Å². The van der Waals surface area contributed by atoms with Gasteiger partial charge in [-0.3, -0.25) is 9.79 Å². The number of anilines is 1. The van der Waals surface area contributed by atoms with E-state index in [9.17, 15) is 9.18 Å². The number of nitrogens with two attached hydrogens (primary N) is 1. The molecule has 0 heterocycles. The lowest BCUT2D eigenvalue weighted by atomic mass is 10.1. The van der Waals surface area contributed by atoms with Crippen molar-refractivity contribution >= 4 is 41.5 Å². The second-order valence-electron chi connectivity index (χ2n) is 5.92. The maximum Gasteiger partial charge on any atom is 0.224 e. The molecule has 0 aliphatic rings. The standard InChI is InChI=1S/C19H23FN4O.HI/c1-13-9-14(2)11-17(10-13)24-19(21)23-8-7-22-18(25)12-15-3-5-16(20)6-4-15;/h3-6,9-11H,7-8,12H2,1-2H3,(H,22,25)(H3,21,23,24);1H. The molecule has 26 heavy (non-hydrogen) atoms. The van der Waals surface area contributed by atoms with Crippen LogP contribution in [0.2, 0.25) is 0 Å². The molecule has 4 N–H and O–H groups in total. The van der Waals surface area contributed by atoms with Crippen molar-refractivity contribution in [2.75, 3.05) is 18.4 Å². The van der Waals surface area contributed by atoms with E-state index >= 15 is 0 Å². The molecule has 7 heteroatoms. The zero-order valence-electron chi connectivity index (χ0n) is 14.9. The third-order valence-electron chi connectivity index (χ3n) is 3.49. The Bertz CT molecular complexity index is 742. The van der Waals surface area contributed by atoms with Gasteiger partial charge in [0.2, 0.25) is 5.91 Å².